The molecule has 0 aromatic rings. The number of halogens is 3. The monoisotopic (exact) mass is 262 g/mol. The van der Waals surface area contributed by atoms with E-state index in [1.807, 2.05) is 12.2 Å². The standard InChI is InChI=1S/C12H17F3N2O/c13-12(14,15)9-4-3-5-10(8-9)16-11(18)17-6-1-2-7-17/h1-2,9-10H,3-8H2,(H,16,18)/t9-,10-/m0/s1. The predicted molar refractivity (Wildman–Crippen MR) is 61.0 cm³/mol. The zero-order valence-corrected chi connectivity index (χ0v) is 10.0. The molecule has 1 heterocycles. The lowest BCUT2D eigenvalue weighted by atomic mass is 9.85. The molecule has 1 aliphatic carbocycles. The topological polar surface area (TPSA) is 32.3 Å². The molecule has 2 aliphatic rings. The first-order valence-corrected chi connectivity index (χ1v) is 6.24. The summed E-state index contributed by atoms with van der Waals surface area (Å²) >= 11 is 0. The summed E-state index contributed by atoms with van der Waals surface area (Å²) in [6.45, 7) is 1.09. The molecule has 1 fully saturated rings. The van der Waals surface area contributed by atoms with Crippen LogP contribution in [0.2, 0.25) is 0 Å². The number of nitrogens with zero attached hydrogens (tertiary/aromatic N) is 1. The molecule has 0 bridgehead atoms. The third-order valence-corrected chi connectivity index (χ3v) is 3.57. The summed E-state index contributed by atoms with van der Waals surface area (Å²) in [4.78, 5) is 13.3. The molecule has 2 amide bonds. The highest BCUT2D eigenvalue weighted by molar-refractivity contribution is 5.75. The minimum Gasteiger partial charge on any atom is -0.335 e. The van der Waals surface area contributed by atoms with Gasteiger partial charge in [-0.05, 0) is 19.3 Å². The predicted octanol–water partition coefficient (Wildman–Crippen LogP) is 2.69. The maximum Gasteiger partial charge on any atom is 0.391 e. The Morgan fingerprint density at radius 3 is 2.50 bits per heavy atom. The molecule has 6 heteroatoms. The lowest BCUT2D eigenvalue weighted by Crippen LogP contribution is -2.46. The SMILES string of the molecule is O=C(N[C@H]1CCC[C@H](C(F)(F)F)C1)N1CC=CC1. The van der Waals surface area contributed by atoms with E-state index in [0.717, 1.165) is 0 Å². The first-order valence-electron chi connectivity index (χ1n) is 6.24. The Hall–Kier alpha value is -1.20. The fourth-order valence-electron chi connectivity index (χ4n) is 2.53. The first-order chi connectivity index (χ1) is 8.47. The Bertz CT molecular complexity index is 333. The molecule has 1 saturated carbocycles. The molecule has 0 aromatic carbocycles. The second-order valence-electron chi connectivity index (χ2n) is 4.93. The number of hydrogen-bond donors (Lipinski definition) is 1. The van der Waals surface area contributed by atoms with Crippen LogP contribution in [0.4, 0.5) is 18.0 Å². The maximum absolute atomic E-state index is 12.6. The maximum atomic E-state index is 12.6. The largest absolute Gasteiger partial charge is 0.391 e. The number of nitrogens with one attached hydrogen (secondary N) is 1. The van der Waals surface area contributed by atoms with E-state index in [0.29, 0.717) is 25.9 Å². The van der Waals surface area contributed by atoms with Gasteiger partial charge in [0.05, 0.1) is 5.92 Å². The van der Waals surface area contributed by atoms with Gasteiger partial charge in [-0.15, -0.1) is 0 Å². The Morgan fingerprint density at radius 1 is 1.22 bits per heavy atom. The van der Waals surface area contributed by atoms with E-state index in [2.05, 4.69) is 5.32 Å². The highest BCUT2D eigenvalue weighted by atomic mass is 19.4. The van der Waals surface area contributed by atoms with Crippen LogP contribution in [0.15, 0.2) is 12.2 Å². The van der Waals surface area contributed by atoms with E-state index in [1.165, 1.54) is 0 Å². The molecule has 2 rings (SSSR count). The number of amides is 2. The highest BCUT2D eigenvalue weighted by Gasteiger charge is 2.42. The summed E-state index contributed by atoms with van der Waals surface area (Å²) in [6.07, 6.45) is 0.959. The molecule has 0 saturated heterocycles. The second-order valence-corrected chi connectivity index (χ2v) is 4.93. The molecule has 0 aromatic heterocycles. The van der Waals surface area contributed by atoms with Crippen LogP contribution >= 0.6 is 0 Å². The number of urea groups is 1. The van der Waals surface area contributed by atoms with Crippen LogP contribution in [-0.2, 0) is 0 Å². The molecular weight excluding hydrogens is 245 g/mol. The number of hydrogen-bond acceptors (Lipinski definition) is 1. The van der Waals surface area contributed by atoms with Gasteiger partial charge in [0.25, 0.3) is 0 Å². The number of alkyl halides is 3. The van der Waals surface area contributed by atoms with E-state index >= 15 is 0 Å². The number of rotatable bonds is 1. The molecule has 2 atom stereocenters. The molecule has 102 valence electrons. The lowest BCUT2D eigenvalue weighted by Gasteiger charge is -2.32. The van der Waals surface area contributed by atoms with Crippen LogP contribution in [0.5, 0.6) is 0 Å². The minimum atomic E-state index is -4.14. The Kier molecular flexibility index (Phi) is 3.82. The average molecular weight is 262 g/mol. The zero-order valence-electron chi connectivity index (χ0n) is 10.0. The van der Waals surface area contributed by atoms with Crippen molar-refractivity contribution in [2.45, 2.75) is 37.9 Å². The van der Waals surface area contributed by atoms with Gasteiger partial charge in [0.2, 0.25) is 0 Å². The lowest BCUT2D eigenvalue weighted by molar-refractivity contribution is -0.183. The zero-order chi connectivity index (χ0) is 13.2. The van der Waals surface area contributed by atoms with Gasteiger partial charge in [0, 0.05) is 19.1 Å². The number of carbonyl (C=O) groups excluding carboxylic acids is 1. The van der Waals surface area contributed by atoms with Crippen molar-refractivity contribution in [3.8, 4) is 0 Å². The molecule has 0 unspecified atom stereocenters. The molecule has 1 N–H and O–H groups in total. The van der Waals surface area contributed by atoms with Gasteiger partial charge >= 0.3 is 12.2 Å². The third kappa shape index (κ3) is 3.17. The van der Waals surface area contributed by atoms with Crippen LogP contribution in [0, 0.1) is 5.92 Å². The second kappa shape index (κ2) is 5.20. The summed E-state index contributed by atoms with van der Waals surface area (Å²) in [5.41, 5.74) is 0. The van der Waals surface area contributed by atoms with Crippen LogP contribution in [0.25, 0.3) is 0 Å². The van der Waals surface area contributed by atoms with Gasteiger partial charge in [-0.1, -0.05) is 18.6 Å². The van der Waals surface area contributed by atoms with Gasteiger partial charge in [0.1, 0.15) is 0 Å². The molecule has 1 aliphatic heterocycles. The first kappa shape index (κ1) is 13.2. The fourth-order valence-corrected chi connectivity index (χ4v) is 2.53. The van der Waals surface area contributed by atoms with Crippen molar-refractivity contribution in [1.29, 1.82) is 0 Å². The summed E-state index contributed by atoms with van der Waals surface area (Å²) in [6, 6.07) is -0.605. The molecular formula is C12H17F3N2O. The van der Waals surface area contributed by atoms with E-state index in [9.17, 15) is 18.0 Å². The van der Waals surface area contributed by atoms with Gasteiger partial charge in [-0.25, -0.2) is 4.79 Å². The molecule has 18 heavy (non-hydrogen) atoms. The van der Waals surface area contributed by atoms with Gasteiger partial charge in [-0.3, -0.25) is 0 Å². The van der Waals surface area contributed by atoms with Crippen molar-refractivity contribution in [2.75, 3.05) is 13.1 Å². The van der Waals surface area contributed by atoms with Gasteiger partial charge in [0.15, 0.2) is 0 Å². The fraction of sp³-hybridized carbons (Fsp3) is 0.750. The smallest absolute Gasteiger partial charge is 0.335 e. The Labute approximate surface area is 104 Å². The van der Waals surface area contributed by atoms with Crippen LogP contribution in [0.1, 0.15) is 25.7 Å². The summed E-state index contributed by atoms with van der Waals surface area (Å²) in [5.74, 6) is -1.27. The van der Waals surface area contributed by atoms with Crippen molar-refractivity contribution < 1.29 is 18.0 Å². The average Bonchev–Trinajstić information content (AvgIpc) is 2.81. The van der Waals surface area contributed by atoms with Crippen molar-refractivity contribution in [3.05, 3.63) is 12.2 Å². The summed E-state index contributed by atoms with van der Waals surface area (Å²) in [5, 5.41) is 2.71. The normalized spacial score (nSPS) is 28.5. The summed E-state index contributed by atoms with van der Waals surface area (Å²) in [7, 11) is 0. The van der Waals surface area contributed by atoms with E-state index in [1.54, 1.807) is 4.90 Å². The third-order valence-electron chi connectivity index (χ3n) is 3.57. The van der Waals surface area contributed by atoms with E-state index in [4.69, 9.17) is 0 Å². The van der Waals surface area contributed by atoms with Crippen molar-refractivity contribution in [2.24, 2.45) is 5.92 Å². The van der Waals surface area contributed by atoms with Crippen LogP contribution in [-0.4, -0.2) is 36.2 Å². The Balaban J connectivity index is 1.84. The van der Waals surface area contributed by atoms with E-state index in [-0.39, 0.29) is 24.9 Å². The van der Waals surface area contributed by atoms with Crippen LogP contribution in [0.3, 0.4) is 0 Å². The highest BCUT2D eigenvalue weighted by Crippen LogP contribution is 2.37. The molecule has 0 radical (unpaired) electrons. The van der Waals surface area contributed by atoms with Crippen molar-refractivity contribution in [3.63, 3.8) is 0 Å². The van der Waals surface area contributed by atoms with Gasteiger partial charge < -0.3 is 10.2 Å². The molecule has 3 nitrogen and oxygen atoms in total. The van der Waals surface area contributed by atoms with E-state index < -0.39 is 12.1 Å². The van der Waals surface area contributed by atoms with Crippen molar-refractivity contribution >= 4 is 6.03 Å². The van der Waals surface area contributed by atoms with Crippen LogP contribution < -0.4 is 5.32 Å². The molecule has 0 spiro atoms. The Morgan fingerprint density at radius 2 is 1.89 bits per heavy atom. The minimum absolute atomic E-state index is 0.0104. The van der Waals surface area contributed by atoms with Crippen molar-refractivity contribution in [1.82, 2.24) is 10.2 Å². The summed E-state index contributed by atoms with van der Waals surface area (Å²) < 4.78 is 37.9. The quantitative estimate of drug-likeness (QED) is 0.724. The van der Waals surface area contributed by atoms with Gasteiger partial charge in [-0.2, -0.15) is 13.2 Å². The number of carbonyl (C=O) groups is 1.